The Morgan fingerprint density at radius 3 is 2.38 bits per heavy atom. The maximum absolute atomic E-state index is 12.5. The van der Waals surface area contributed by atoms with Gasteiger partial charge in [0.05, 0.1) is 19.1 Å². The molecule has 0 radical (unpaired) electrons. The minimum absolute atomic E-state index is 0. The van der Waals surface area contributed by atoms with E-state index >= 15 is 0 Å². The SMILES string of the molecule is CCOc1ccccc1C(CC(=O)NC(CN)CC(C)C)NC(C)=O.Cl. The number of rotatable bonds is 10. The number of hydrogen-bond donors (Lipinski definition) is 3. The zero-order valence-electron chi connectivity index (χ0n) is 16.1. The second-order valence-electron chi connectivity index (χ2n) is 6.56. The van der Waals surface area contributed by atoms with Crippen molar-refractivity contribution in [3.63, 3.8) is 0 Å². The normalized spacial score (nSPS) is 12.7. The number of amides is 2. The average Bonchev–Trinajstić information content (AvgIpc) is 2.53. The summed E-state index contributed by atoms with van der Waals surface area (Å²) in [4.78, 5) is 24.1. The van der Waals surface area contributed by atoms with E-state index in [-0.39, 0.29) is 36.7 Å². The first-order valence-corrected chi connectivity index (χ1v) is 8.85. The Balaban J connectivity index is 0.00000625. The van der Waals surface area contributed by atoms with E-state index in [0.717, 1.165) is 12.0 Å². The molecule has 4 N–H and O–H groups in total. The highest BCUT2D eigenvalue weighted by Crippen LogP contribution is 2.27. The van der Waals surface area contributed by atoms with Crippen molar-refractivity contribution in [2.24, 2.45) is 11.7 Å². The molecule has 7 heteroatoms. The van der Waals surface area contributed by atoms with E-state index in [1.807, 2.05) is 31.2 Å². The molecule has 0 heterocycles. The highest BCUT2D eigenvalue weighted by molar-refractivity contribution is 5.85. The van der Waals surface area contributed by atoms with Gasteiger partial charge in [0, 0.05) is 25.1 Å². The van der Waals surface area contributed by atoms with Gasteiger partial charge in [-0.05, 0) is 25.3 Å². The molecule has 1 rings (SSSR count). The molecule has 6 nitrogen and oxygen atoms in total. The number of nitrogens with one attached hydrogen (secondary N) is 2. The van der Waals surface area contributed by atoms with Gasteiger partial charge in [-0.2, -0.15) is 0 Å². The van der Waals surface area contributed by atoms with Crippen molar-refractivity contribution in [2.45, 2.75) is 52.6 Å². The molecule has 0 saturated carbocycles. The van der Waals surface area contributed by atoms with Gasteiger partial charge in [-0.15, -0.1) is 12.4 Å². The van der Waals surface area contributed by atoms with Crippen LogP contribution in [0, 0.1) is 5.92 Å². The molecule has 0 aromatic heterocycles. The lowest BCUT2D eigenvalue weighted by Gasteiger charge is -2.23. The number of carbonyl (C=O) groups excluding carboxylic acids is 2. The largest absolute Gasteiger partial charge is 0.494 e. The van der Waals surface area contributed by atoms with Crippen LogP contribution in [0.2, 0.25) is 0 Å². The van der Waals surface area contributed by atoms with Gasteiger partial charge in [0.2, 0.25) is 11.8 Å². The predicted molar refractivity (Wildman–Crippen MR) is 106 cm³/mol. The van der Waals surface area contributed by atoms with Crippen LogP contribution in [-0.4, -0.2) is 31.0 Å². The van der Waals surface area contributed by atoms with E-state index in [9.17, 15) is 9.59 Å². The van der Waals surface area contributed by atoms with Crippen LogP contribution in [0.25, 0.3) is 0 Å². The van der Waals surface area contributed by atoms with E-state index in [2.05, 4.69) is 24.5 Å². The average molecular weight is 386 g/mol. The first kappa shape index (κ1) is 24.2. The maximum Gasteiger partial charge on any atom is 0.222 e. The van der Waals surface area contributed by atoms with E-state index in [1.165, 1.54) is 6.92 Å². The third kappa shape index (κ3) is 8.54. The monoisotopic (exact) mass is 385 g/mol. The quantitative estimate of drug-likeness (QED) is 0.577. The van der Waals surface area contributed by atoms with Crippen LogP contribution >= 0.6 is 12.4 Å². The van der Waals surface area contributed by atoms with Crippen molar-refractivity contribution in [3.8, 4) is 5.75 Å². The molecule has 148 valence electrons. The van der Waals surface area contributed by atoms with Crippen LogP contribution in [0.15, 0.2) is 24.3 Å². The highest BCUT2D eigenvalue weighted by atomic mass is 35.5. The van der Waals surface area contributed by atoms with Crippen molar-refractivity contribution >= 4 is 24.2 Å². The van der Waals surface area contributed by atoms with Gasteiger partial charge in [-0.25, -0.2) is 0 Å². The molecule has 0 saturated heterocycles. The Labute approximate surface area is 162 Å². The Morgan fingerprint density at radius 1 is 1.19 bits per heavy atom. The predicted octanol–water partition coefficient (Wildman–Crippen LogP) is 2.56. The molecule has 0 spiro atoms. The Hall–Kier alpha value is -1.79. The summed E-state index contributed by atoms with van der Waals surface area (Å²) in [6.07, 6.45) is 0.959. The fourth-order valence-electron chi connectivity index (χ4n) is 2.79. The van der Waals surface area contributed by atoms with Gasteiger partial charge in [0.1, 0.15) is 5.75 Å². The number of nitrogens with two attached hydrogens (primary N) is 1. The topological polar surface area (TPSA) is 93.4 Å². The molecule has 2 amide bonds. The van der Waals surface area contributed by atoms with Gasteiger partial charge in [-0.3, -0.25) is 9.59 Å². The van der Waals surface area contributed by atoms with Crippen molar-refractivity contribution in [1.29, 1.82) is 0 Å². The van der Waals surface area contributed by atoms with Crippen LogP contribution in [-0.2, 0) is 9.59 Å². The summed E-state index contributed by atoms with van der Waals surface area (Å²) in [5.41, 5.74) is 6.55. The van der Waals surface area contributed by atoms with E-state index in [1.54, 1.807) is 0 Å². The summed E-state index contributed by atoms with van der Waals surface area (Å²) < 4.78 is 5.63. The molecule has 0 aliphatic carbocycles. The Kier molecular flexibility index (Phi) is 11.7. The van der Waals surface area contributed by atoms with Crippen LogP contribution < -0.4 is 21.1 Å². The van der Waals surface area contributed by atoms with Crippen molar-refractivity contribution in [2.75, 3.05) is 13.2 Å². The lowest BCUT2D eigenvalue weighted by molar-refractivity contribution is -0.123. The maximum atomic E-state index is 12.5. The minimum atomic E-state index is -0.447. The Morgan fingerprint density at radius 2 is 1.85 bits per heavy atom. The van der Waals surface area contributed by atoms with Gasteiger partial charge in [0.25, 0.3) is 0 Å². The summed E-state index contributed by atoms with van der Waals surface area (Å²) in [5, 5.41) is 5.81. The third-order valence-corrected chi connectivity index (χ3v) is 3.77. The molecule has 26 heavy (non-hydrogen) atoms. The first-order chi connectivity index (χ1) is 11.9. The lowest BCUT2D eigenvalue weighted by atomic mass is 10.0. The van der Waals surface area contributed by atoms with Crippen molar-refractivity contribution in [1.82, 2.24) is 10.6 Å². The van der Waals surface area contributed by atoms with Gasteiger partial charge in [0.15, 0.2) is 0 Å². The van der Waals surface area contributed by atoms with Crippen LogP contribution in [0.4, 0.5) is 0 Å². The highest BCUT2D eigenvalue weighted by Gasteiger charge is 2.22. The zero-order chi connectivity index (χ0) is 18.8. The number of carbonyl (C=O) groups is 2. The molecule has 0 bridgehead atoms. The van der Waals surface area contributed by atoms with Gasteiger partial charge < -0.3 is 21.1 Å². The lowest BCUT2D eigenvalue weighted by Crippen LogP contribution is -2.42. The molecular formula is C19H32ClN3O3. The fraction of sp³-hybridized carbons (Fsp3) is 0.579. The van der Waals surface area contributed by atoms with Crippen LogP contribution in [0.5, 0.6) is 5.75 Å². The summed E-state index contributed by atoms with van der Waals surface area (Å²) in [6, 6.07) is 6.93. The molecular weight excluding hydrogens is 354 g/mol. The van der Waals surface area contributed by atoms with Gasteiger partial charge >= 0.3 is 0 Å². The molecule has 2 unspecified atom stereocenters. The van der Waals surface area contributed by atoms with E-state index < -0.39 is 6.04 Å². The molecule has 0 fully saturated rings. The van der Waals surface area contributed by atoms with Crippen LogP contribution in [0.3, 0.4) is 0 Å². The van der Waals surface area contributed by atoms with E-state index in [4.69, 9.17) is 10.5 Å². The number of hydrogen-bond acceptors (Lipinski definition) is 4. The molecule has 2 atom stereocenters. The third-order valence-electron chi connectivity index (χ3n) is 3.77. The fourth-order valence-corrected chi connectivity index (χ4v) is 2.79. The number of benzene rings is 1. The summed E-state index contributed by atoms with van der Waals surface area (Å²) in [6.45, 7) is 8.43. The summed E-state index contributed by atoms with van der Waals surface area (Å²) in [5.74, 6) is 0.788. The number of halogens is 1. The van der Waals surface area contributed by atoms with Crippen LogP contribution in [0.1, 0.15) is 52.1 Å². The molecule has 1 aromatic rings. The second kappa shape index (κ2) is 12.5. The van der Waals surface area contributed by atoms with Crippen molar-refractivity contribution < 1.29 is 14.3 Å². The standard InChI is InChI=1S/C19H31N3O3.ClH/c1-5-25-18-9-7-6-8-16(18)17(21-14(4)23)11-19(24)22-15(12-20)10-13(2)3;/h6-9,13,15,17H,5,10-12,20H2,1-4H3,(H,21,23)(H,22,24);1H. The Bertz CT molecular complexity index is 567. The number of ether oxygens (including phenoxy) is 1. The molecule has 0 aliphatic heterocycles. The smallest absolute Gasteiger partial charge is 0.222 e. The van der Waals surface area contributed by atoms with E-state index in [0.29, 0.717) is 24.8 Å². The molecule has 1 aromatic carbocycles. The second-order valence-corrected chi connectivity index (χ2v) is 6.56. The van der Waals surface area contributed by atoms with Gasteiger partial charge in [-0.1, -0.05) is 32.0 Å². The number of para-hydroxylation sites is 1. The minimum Gasteiger partial charge on any atom is -0.494 e. The zero-order valence-corrected chi connectivity index (χ0v) is 16.9. The first-order valence-electron chi connectivity index (χ1n) is 8.85. The summed E-state index contributed by atoms with van der Waals surface area (Å²) in [7, 11) is 0. The van der Waals surface area contributed by atoms with Crippen molar-refractivity contribution in [3.05, 3.63) is 29.8 Å². The summed E-state index contributed by atoms with van der Waals surface area (Å²) >= 11 is 0. The molecule has 0 aliphatic rings.